The van der Waals surface area contributed by atoms with Gasteiger partial charge in [-0.1, -0.05) is 6.42 Å². The van der Waals surface area contributed by atoms with Crippen molar-refractivity contribution in [1.29, 1.82) is 0 Å². The first-order valence-electron chi connectivity index (χ1n) is 4.36. The van der Waals surface area contributed by atoms with Gasteiger partial charge in [-0.15, -0.1) is 0 Å². The van der Waals surface area contributed by atoms with Gasteiger partial charge in [-0.25, -0.2) is 0 Å². The summed E-state index contributed by atoms with van der Waals surface area (Å²) in [6, 6.07) is 0. The van der Waals surface area contributed by atoms with Crippen LogP contribution in [-0.4, -0.2) is 18.4 Å². The van der Waals surface area contributed by atoms with E-state index in [0.29, 0.717) is 0 Å². The zero-order valence-electron chi connectivity index (χ0n) is 7.29. The summed E-state index contributed by atoms with van der Waals surface area (Å²) >= 11 is 0. The Balaban J connectivity index is 2.46. The van der Waals surface area contributed by atoms with Gasteiger partial charge in [-0.3, -0.25) is 4.79 Å². The number of ether oxygens (including phenoxy) is 1. The number of carbonyl (C=O) groups excluding carboxylic acids is 2. The normalized spacial score (nSPS) is 29.4. The molecule has 1 saturated carbocycles. The largest absolute Gasteiger partial charge is 0.462 e. The number of aldehydes is 1. The number of hydrogen-bond donors (Lipinski definition) is 0. The Morgan fingerprint density at radius 2 is 2.08 bits per heavy atom. The maximum atomic E-state index is 10.6. The van der Waals surface area contributed by atoms with Crippen molar-refractivity contribution in [2.75, 3.05) is 0 Å². The van der Waals surface area contributed by atoms with Gasteiger partial charge in [-0.2, -0.15) is 0 Å². The van der Waals surface area contributed by atoms with Gasteiger partial charge in [-0.05, 0) is 19.3 Å². The molecule has 0 aromatic heterocycles. The molecule has 0 bridgehead atoms. The van der Waals surface area contributed by atoms with Crippen LogP contribution in [0.25, 0.3) is 0 Å². The zero-order valence-corrected chi connectivity index (χ0v) is 7.29. The molecule has 0 aromatic rings. The second kappa shape index (κ2) is 4.24. The molecule has 0 aromatic carbocycles. The molecular weight excluding hydrogens is 156 g/mol. The molecule has 1 fully saturated rings. The minimum absolute atomic E-state index is 0.0670. The summed E-state index contributed by atoms with van der Waals surface area (Å²) in [5, 5.41) is 0. The van der Waals surface area contributed by atoms with E-state index in [1.807, 2.05) is 0 Å². The molecule has 68 valence electrons. The Bertz CT molecular complexity index is 177. The van der Waals surface area contributed by atoms with Crippen molar-refractivity contribution >= 4 is 12.3 Å². The number of hydrogen-bond acceptors (Lipinski definition) is 3. The highest BCUT2D eigenvalue weighted by atomic mass is 16.5. The lowest BCUT2D eigenvalue weighted by Gasteiger charge is -2.26. The molecule has 0 aliphatic heterocycles. The van der Waals surface area contributed by atoms with Gasteiger partial charge < -0.3 is 9.53 Å². The summed E-state index contributed by atoms with van der Waals surface area (Å²) < 4.78 is 5.02. The predicted molar refractivity (Wildman–Crippen MR) is 43.6 cm³/mol. The Morgan fingerprint density at radius 3 is 2.67 bits per heavy atom. The van der Waals surface area contributed by atoms with Crippen LogP contribution in [-0.2, 0) is 14.3 Å². The Kier molecular flexibility index (Phi) is 3.26. The van der Waals surface area contributed by atoms with Crippen LogP contribution < -0.4 is 0 Å². The van der Waals surface area contributed by atoms with Gasteiger partial charge in [0, 0.05) is 6.92 Å². The Hall–Kier alpha value is -0.860. The fourth-order valence-electron chi connectivity index (χ4n) is 1.64. The van der Waals surface area contributed by atoms with Gasteiger partial charge in [0.2, 0.25) is 0 Å². The first kappa shape index (κ1) is 9.23. The van der Waals surface area contributed by atoms with Crippen molar-refractivity contribution in [3.8, 4) is 0 Å². The molecule has 1 rings (SSSR count). The molecular formula is C9H14O3. The first-order chi connectivity index (χ1) is 5.74. The standard InChI is InChI=1S/C9H14O3/c1-7(11)12-9-5-3-2-4-8(9)6-10/h6,8-9H,2-5H2,1H3. The highest BCUT2D eigenvalue weighted by molar-refractivity contribution is 5.67. The van der Waals surface area contributed by atoms with Crippen molar-refractivity contribution in [2.24, 2.45) is 5.92 Å². The molecule has 0 N–H and O–H groups in total. The smallest absolute Gasteiger partial charge is 0.302 e. The van der Waals surface area contributed by atoms with Crippen LogP contribution in [0.1, 0.15) is 32.6 Å². The van der Waals surface area contributed by atoms with E-state index in [4.69, 9.17) is 4.74 Å². The molecule has 2 atom stereocenters. The number of esters is 1. The Morgan fingerprint density at radius 1 is 1.42 bits per heavy atom. The van der Waals surface area contributed by atoms with E-state index < -0.39 is 0 Å². The third kappa shape index (κ3) is 2.32. The van der Waals surface area contributed by atoms with E-state index in [-0.39, 0.29) is 18.0 Å². The highest BCUT2D eigenvalue weighted by Crippen LogP contribution is 2.25. The van der Waals surface area contributed by atoms with E-state index in [2.05, 4.69) is 0 Å². The summed E-state index contributed by atoms with van der Waals surface area (Å²) in [6.45, 7) is 1.39. The maximum Gasteiger partial charge on any atom is 0.302 e. The van der Waals surface area contributed by atoms with Crippen molar-refractivity contribution < 1.29 is 14.3 Å². The van der Waals surface area contributed by atoms with Crippen LogP contribution in [0.15, 0.2) is 0 Å². The summed E-state index contributed by atoms with van der Waals surface area (Å²) in [4.78, 5) is 21.2. The average molecular weight is 170 g/mol. The molecule has 3 nitrogen and oxygen atoms in total. The van der Waals surface area contributed by atoms with Gasteiger partial charge in [0.1, 0.15) is 12.4 Å². The fraction of sp³-hybridized carbons (Fsp3) is 0.778. The van der Waals surface area contributed by atoms with Crippen LogP contribution in [0.3, 0.4) is 0 Å². The van der Waals surface area contributed by atoms with E-state index in [1.54, 1.807) is 0 Å². The second-order valence-electron chi connectivity index (χ2n) is 3.23. The highest BCUT2D eigenvalue weighted by Gasteiger charge is 2.26. The zero-order chi connectivity index (χ0) is 8.97. The summed E-state index contributed by atoms with van der Waals surface area (Å²) in [6.07, 6.45) is 4.58. The molecule has 0 heterocycles. The number of carbonyl (C=O) groups is 2. The molecule has 12 heavy (non-hydrogen) atoms. The lowest BCUT2D eigenvalue weighted by Crippen LogP contribution is -2.30. The van der Waals surface area contributed by atoms with Crippen LogP contribution in [0, 0.1) is 5.92 Å². The quantitative estimate of drug-likeness (QED) is 0.463. The van der Waals surface area contributed by atoms with Gasteiger partial charge in [0.15, 0.2) is 0 Å². The minimum atomic E-state index is -0.284. The second-order valence-corrected chi connectivity index (χ2v) is 3.23. The van der Waals surface area contributed by atoms with E-state index >= 15 is 0 Å². The number of rotatable bonds is 2. The lowest BCUT2D eigenvalue weighted by atomic mass is 9.87. The molecule has 1 aliphatic rings. The van der Waals surface area contributed by atoms with Gasteiger partial charge in [0.05, 0.1) is 5.92 Å². The third-order valence-electron chi connectivity index (χ3n) is 2.25. The first-order valence-corrected chi connectivity index (χ1v) is 4.36. The van der Waals surface area contributed by atoms with E-state index in [0.717, 1.165) is 32.0 Å². The van der Waals surface area contributed by atoms with Crippen molar-refractivity contribution in [3.63, 3.8) is 0 Å². The van der Waals surface area contributed by atoms with Crippen molar-refractivity contribution in [1.82, 2.24) is 0 Å². The SMILES string of the molecule is CC(=O)OC1CCCCC1C=O. The molecule has 0 radical (unpaired) electrons. The van der Waals surface area contributed by atoms with Gasteiger partial charge >= 0.3 is 5.97 Å². The van der Waals surface area contributed by atoms with Crippen molar-refractivity contribution in [2.45, 2.75) is 38.7 Å². The molecule has 0 amide bonds. The summed E-state index contributed by atoms with van der Waals surface area (Å²) in [5.74, 6) is -0.351. The summed E-state index contributed by atoms with van der Waals surface area (Å²) in [5.41, 5.74) is 0. The summed E-state index contributed by atoms with van der Waals surface area (Å²) in [7, 11) is 0. The molecule has 3 heteroatoms. The van der Waals surface area contributed by atoms with Crippen molar-refractivity contribution in [3.05, 3.63) is 0 Å². The van der Waals surface area contributed by atoms with Crippen LogP contribution in [0.5, 0.6) is 0 Å². The predicted octanol–water partition coefficient (Wildman–Crippen LogP) is 1.31. The minimum Gasteiger partial charge on any atom is -0.462 e. The van der Waals surface area contributed by atoms with Gasteiger partial charge in [0.25, 0.3) is 0 Å². The molecule has 0 saturated heterocycles. The Labute approximate surface area is 72.1 Å². The monoisotopic (exact) mass is 170 g/mol. The average Bonchev–Trinajstić information content (AvgIpc) is 2.04. The van der Waals surface area contributed by atoms with E-state index in [9.17, 15) is 9.59 Å². The lowest BCUT2D eigenvalue weighted by molar-refractivity contribution is -0.151. The molecule has 0 spiro atoms. The molecule has 1 aliphatic carbocycles. The molecule has 2 unspecified atom stereocenters. The fourth-order valence-corrected chi connectivity index (χ4v) is 1.64. The van der Waals surface area contributed by atoms with E-state index in [1.165, 1.54) is 6.92 Å². The third-order valence-corrected chi connectivity index (χ3v) is 2.25. The van der Waals surface area contributed by atoms with Crippen LogP contribution in [0.4, 0.5) is 0 Å². The topological polar surface area (TPSA) is 43.4 Å². The maximum absolute atomic E-state index is 10.6. The van der Waals surface area contributed by atoms with Crippen LogP contribution in [0.2, 0.25) is 0 Å². The van der Waals surface area contributed by atoms with Crippen LogP contribution >= 0.6 is 0 Å².